The van der Waals surface area contributed by atoms with Crippen molar-refractivity contribution < 1.29 is 18.1 Å². The first kappa shape index (κ1) is 12.8. The molecule has 0 N–H and O–H groups in total. The topological polar surface area (TPSA) is 72.4 Å². The van der Waals surface area contributed by atoms with Crippen molar-refractivity contribution in [1.29, 1.82) is 0 Å². The summed E-state index contributed by atoms with van der Waals surface area (Å²) in [4.78, 5) is 17.6. The smallest absolute Gasteiger partial charge is 0.289 e. The summed E-state index contributed by atoms with van der Waals surface area (Å²) < 4.78 is 24.9. The van der Waals surface area contributed by atoms with Gasteiger partial charge in [-0.25, -0.2) is 4.39 Å². The molecule has 0 bridgehead atoms. The standard InChI is InChI=1S/C13H14FN3O3/c1-9-15-12(20-16-9)13(14)5-3-6-17(8-13)11(18)10-4-2-7-19-10/h2,4,7H,3,5-6,8H2,1H3. The maximum atomic E-state index is 14.9. The average Bonchev–Trinajstić information content (AvgIpc) is 3.09. The maximum Gasteiger partial charge on any atom is 0.289 e. The van der Waals surface area contributed by atoms with Gasteiger partial charge in [-0.05, 0) is 31.9 Å². The summed E-state index contributed by atoms with van der Waals surface area (Å²) in [6.45, 7) is 2.01. The summed E-state index contributed by atoms with van der Waals surface area (Å²) in [6, 6.07) is 3.19. The van der Waals surface area contributed by atoms with Crippen LogP contribution >= 0.6 is 0 Å². The first-order valence-electron chi connectivity index (χ1n) is 6.41. The lowest BCUT2D eigenvalue weighted by molar-refractivity contribution is 0.0136. The van der Waals surface area contributed by atoms with Crippen LogP contribution in [0.25, 0.3) is 0 Å². The summed E-state index contributed by atoms with van der Waals surface area (Å²) in [5.74, 6) is 0.197. The lowest BCUT2D eigenvalue weighted by Crippen LogP contribution is -2.46. The Labute approximate surface area is 114 Å². The van der Waals surface area contributed by atoms with E-state index in [1.165, 1.54) is 11.2 Å². The van der Waals surface area contributed by atoms with Crippen molar-refractivity contribution in [3.05, 3.63) is 35.9 Å². The molecular formula is C13H14FN3O3. The summed E-state index contributed by atoms with van der Waals surface area (Å²) in [5, 5.41) is 3.61. The number of hydrogen-bond acceptors (Lipinski definition) is 5. The van der Waals surface area contributed by atoms with Crippen molar-refractivity contribution in [2.45, 2.75) is 25.4 Å². The van der Waals surface area contributed by atoms with Crippen LogP contribution in [0.4, 0.5) is 4.39 Å². The van der Waals surface area contributed by atoms with Gasteiger partial charge in [0.1, 0.15) is 0 Å². The highest BCUT2D eigenvalue weighted by Crippen LogP contribution is 2.35. The Hall–Kier alpha value is -2.18. The number of alkyl halides is 1. The van der Waals surface area contributed by atoms with Gasteiger partial charge in [0.15, 0.2) is 11.6 Å². The molecule has 0 saturated carbocycles. The molecule has 7 heteroatoms. The van der Waals surface area contributed by atoms with Crippen LogP contribution < -0.4 is 0 Å². The van der Waals surface area contributed by atoms with Crippen molar-refractivity contribution in [3.8, 4) is 0 Å². The van der Waals surface area contributed by atoms with Gasteiger partial charge in [-0.1, -0.05) is 5.16 Å². The molecule has 1 amide bonds. The third-order valence-corrected chi connectivity index (χ3v) is 3.37. The predicted octanol–water partition coefficient (Wildman–Crippen LogP) is 2.07. The van der Waals surface area contributed by atoms with Crippen LogP contribution in [0.3, 0.4) is 0 Å². The second-order valence-corrected chi connectivity index (χ2v) is 4.92. The van der Waals surface area contributed by atoms with Crippen molar-refractivity contribution in [2.75, 3.05) is 13.1 Å². The van der Waals surface area contributed by atoms with Gasteiger partial charge in [-0.15, -0.1) is 0 Å². The number of likely N-dealkylation sites (tertiary alicyclic amines) is 1. The second-order valence-electron chi connectivity index (χ2n) is 4.92. The van der Waals surface area contributed by atoms with Gasteiger partial charge in [0.25, 0.3) is 11.8 Å². The molecule has 6 nitrogen and oxygen atoms in total. The van der Waals surface area contributed by atoms with E-state index in [9.17, 15) is 9.18 Å². The highest BCUT2D eigenvalue weighted by molar-refractivity contribution is 5.91. The Balaban J connectivity index is 1.81. The molecule has 0 spiro atoms. The zero-order valence-corrected chi connectivity index (χ0v) is 11.0. The van der Waals surface area contributed by atoms with Gasteiger partial charge in [-0.2, -0.15) is 4.98 Å². The summed E-state index contributed by atoms with van der Waals surface area (Å²) >= 11 is 0. The fourth-order valence-corrected chi connectivity index (χ4v) is 2.39. The predicted molar refractivity (Wildman–Crippen MR) is 65.7 cm³/mol. The number of carbonyl (C=O) groups is 1. The minimum atomic E-state index is -1.79. The molecule has 0 radical (unpaired) electrons. The minimum Gasteiger partial charge on any atom is -0.459 e. The number of rotatable bonds is 2. The Bertz CT molecular complexity index is 610. The van der Waals surface area contributed by atoms with Gasteiger partial charge in [0.2, 0.25) is 5.67 Å². The zero-order valence-electron chi connectivity index (χ0n) is 11.0. The molecule has 3 heterocycles. The molecule has 20 heavy (non-hydrogen) atoms. The van der Waals surface area contributed by atoms with E-state index < -0.39 is 5.67 Å². The van der Waals surface area contributed by atoms with Gasteiger partial charge in [0, 0.05) is 6.54 Å². The summed E-state index contributed by atoms with van der Waals surface area (Å²) in [6.07, 6.45) is 2.21. The largest absolute Gasteiger partial charge is 0.459 e. The molecule has 1 aliphatic heterocycles. The van der Waals surface area contributed by atoms with E-state index in [0.717, 1.165) is 0 Å². The van der Waals surface area contributed by atoms with Crippen molar-refractivity contribution in [2.24, 2.45) is 0 Å². The molecule has 106 valence electrons. The Morgan fingerprint density at radius 2 is 2.40 bits per heavy atom. The van der Waals surface area contributed by atoms with Crippen LogP contribution in [-0.4, -0.2) is 34.0 Å². The average molecular weight is 279 g/mol. The number of hydrogen-bond donors (Lipinski definition) is 0. The number of aromatic nitrogens is 2. The van der Waals surface area contributed by atoms with E-state index in [0.29, 0.717) is 18.8 Å². The van der Waals surface area contributed by atoms with E-state index in [1.54, 1.807) is 19.1 Å². The van der Waals surface area contributed by atoms with E-state index in [2.05, 4.69) is 10.1 Å². The third-order valence-electron chi connectivity index (χ3n) is 3.37. The second kappa shape index (κ2) is 4.73. The number of amides is 1. The SMILES string of the molecule is Cc1noc(C2(F)CCCN(C(=O)c3ccco3)C2)n1. The molecular weight excluding hydrogens is 265 g/mol. The fourth-order valence-electron chi connectivity index (χ4n) is 2.39. The number of nitrogens with zero attached hydrogens (tertiary/aromatic N) is 3. The number of halogens is 1. The van der Waals surface area contributed by atoms with Crippen molar-refractivity contribution in [1.82, 2.24) is 15.0 Å². The molecule has 3 rings (SSSR count). The van der Waals surface area contributed by atoms with Crippen LogP contribution in [0.1, 0.15) is 35.1 Å². The van der Waals surface area contributed by atoms with E-state index in [1.807, 2.05) is 0 Å². The Morgan fingerprint density at radius 3 is 3.05 bits per heavy atom. The molecule has 1 saturated heterocycles. The van der Waals surface area contributed by atoms with E-state index in [4.69, 9.17) is 8.94 Å². The van der Waals surface area contributed by atoms with Crippen LogP contribution in [0.5, 0.6) is 0 Å². The lowest BCUT2D eigenvalue weighted by Gasteiger charge is -2.34. The molecule has 1 atom stereocenters. The first-order chi connectivity index (χ1) is 9.58. The number of aryl methyl sites for hydroxylation is 1. The Morgan fingerprint density at radius 1 is 1.55 bits per heavy atom. The third kappa shape index (κ3) is 2.19. The van der Waals surface area contributed by atoms with E-state index in [-0.39, 0.29) is 30.5 Å². The van der Waals surface area contributed by atoms with Crippen molar-refractivity contribution in [3.63, 3.8) is 0 Å². The van der Waals surface area contributed by atoms with Gasteiger partial charge in [-0.3, -0.25) is 4.79 Å². The normalized spacial score (nSPS) is 23.0. The molecule has 2 aromatic heterocycles. The molecule has 0 aliphatic carbocycles. The number of carbonyl (C=O) groups excluding carboxylic acids is 1. The number of furan rings is 1. The highest BCUT2D eigenvalue weighted by atomic mass is 19.1. The number of piperidine rings is 1. The van der Waals surface area contributed by atoms with Gasteiger partial charge in [0.05, 0.1) is 12.8 Å². The molecule has 1 fully saturated rings. The molecule has 1 aliphatic rings. The zero-order chi connectivity index (χ0) is 14.2. The monoisotopic (exact) mass is 279 g/mol. The van der Waals surface area contributed by atoms with E-state index >= 15 is 0 Å². The van der Waals surface area contributed by atoms with Gasteiger partial charge < -0.3 is 13.8 Å². The fraction of sp³-hybridized carbons (Fsp3) is 0.462. The highest BCUT2D eigenvalue weighted by Gasteiger charge is 2.44. The molecule has 2 aromatic rings. The Kier molecular flexibility index (Phi) is 3.04. The first-order valence-corrected chi connectivity index (χ1v) is 6.41. The summed E-state index contributed by atoms with van der Waals surface area (Å²) in [7, 11) is 0. The maximum absolute atomic E-state index is 14.9. The quantitative estimate of drug-likeness (QED) is 0.841. The van der Waals surface area contributed by atoms with Crippen LogP contribution in [0.2, 0.25) is 0 Å². The summed E-state index contributed by atoms with van der Waals surface area (Å²) in [5.41, 5.74) is -1.79. The van der Waals surface area contributed by atoms with Crippen LogP contribution in [0.15, 0.2) is 27.3 Å². The van der Waals surface area contributed by atoms with Crippen molar-refractivity contribution >= 4 is 5.91 Å². The van der Waals surface area contributed by atoms with Crippen LogP contribution in [0, 0.1) is 6.92 Å². The molecule has 0 aromatic carbocycles. The molecule has 1 unspecified atom stereocenters. The minimum absolute atomic E-state index is 0.0630. The van der Waals surface area contributed by atoms with Crippen LogP contribution in [-0.2, 0) is 5.67 Å². The van der Waals surface area contributed by atoms with Gasteiger partial charge >= 0.3 is 0 Å². The lowest BCUT2D eigenvalue weighted by atomic mass is 9.94.